The molecule has 0 bridgehead atoms. The Hall–Kier alpha value is -3.54. The highest BCUT2D eigenvalue weighted by molar-refractivity contribution is 5.76. The third-order valence-electron chi connectivity index (χ3n) is 6.47. The van der Waals surface area contributed by atoms with Crippen molar-refractivity contribution < 1.29 is 52.3 Å². The second kappa shape index (κ2) is 17.3. The first-order chi connectivity index (χ1) is 19.5. The smallest absolute Gasteiger partial charge is 0.461 e. The maximum atomic E-state index is 12.5. The fourth-order valence-corrected chi connectivity index (χ4v) is 3.76. The molecule has 12 heteroatoms. The molecular formula is C29H43NO11. The number of esters is 1. The van der Waals surface area contributed by atoms with Gasteiger partial charge in [0.05, 0.1) is 0 Å². The number of ether oxygens (including phenoxy) is 7. The lowest BCUT2D eigenvalue weighted by molar-refractivity contribution is -0.148. The number of carbonyl (C=O) groups excluding carboxylic acids is 4. The van der Waals surface area contributed by atoms with E-state index in [-0.39, 0.29) is 36.7 Å². The quantitative estimate of drug-likeness (QED) is 0.175. The maximum Gasteiger partial charge on any atom is 0.514 e. The minimum atomic E-state index is -1.08. The van der Waals surface area contributed by atoms with Gasteiger partial charge in [0, 0.05) is 0 Å². The molecule has 4 atom stereocenters. The van der Waals surface area contributed by atoms with E-state index in [1.807, 2.05) is 13.8 Å². The zero-order valence-corrected chi connectivity index (χ0v) is 24.6. The van der Waals surface area contributed by atoms with Crippen LogP contribution in [-0.4, -0.2) is 61.5 Å². The van der Waals surface area contributed by atoms with Gasteiger partial charge in [-0.1, -0.05) is 26.3 Å². The van der Waals surface area contributed by atoms with Gasteiger partial charge in [-0.15, -0.1) is 0 Å². The van der Waals surface area contributed by atoms with Gasteiger partial charge >= 0.3 is 24.4 Å². The lowest BCUT2D eigenvalue weighted by atomic mass is 9.98. The van der Waals surface area contributed by atoms with Crippen molar-refractivity contribution in [3.05, 3.63) is 23.8 Å². The first-order valence-electron chi connectivity index (χ1n) is 14.2. The first kappa shape index (κ1) is 33.7. The van der Waals surface area contributed by atoms with Crippen LogP contribution in [0.15, 0.2) is 18.2 Å². The van der Waals surface area contributed by atoms with Crippen molar-refractivity contribution in [1.82, 2.24) is 0 Å². The van der Waals surface area contributed by atoms with Crippen LogP contribution in [-0.2, 0) is 34.9 Å². The summed E-state index contributed by atoms with van der Waals surface area (Å²) in [6.45, 7) is 8.48. The molecule has 12 nitrogen and oxygen atoms in total. The molecule has 0 heterocycles. The minimum Gasteiger partial charge on any atom is -0.461 e. The SMILES string of the molecule is CCC(C)OC(=O)Oc1ccc(C[C@H](N)C(=O)OC[C@H](C)OC(=O)OC2CCCCC2)cc1OC(=O)OC(C)CC. The molecule has 1 saturated carbocycles. The number of hydrogen-bond donors (Lipinski definition) is 1. The van der Waals surface area contributed by atoms with Crippen LogP contribution in [0.1, 0.15) is 85.1 Å². The Bertz CT molecular complexity index is 1010. The molecule has 0 amide bonds. The van der Waals surface area contributed by atoms with Gasteiger partial charge in [-0.25, -0.2) is 14.4 Å². The van der Waals surface area contributed by atoms with Crippen LogP contribution in [0.2, 0.25) is 0 Å². The van der Waals surface area contributed by atoms with E-state index < -0.39 is 42.7 Å². The van der Waals surface area contributed by atoms with Crippen molar-refractivity contribution in [2.45, 2.75) is 116 Å². The third kappa shape index (κ3) is 12.7. The van der Waals surface area contributed by atoms with Crippen LogP contribution in [0.3, 0.4) is 0 Å². The van der Waals surface area contributed by atoms with Crippen LogP contribution in [0.4, 0.5) is 14.4 Å². The van der Waals surface area contributed by atoms with Gasteiger partial charge in [-0.05, 0) is 83.4 Å². The Balaban J connectivity index is 1.96. The first-order valence-corrected chi connectivity index (χ1v) is 14.2. The average molecular weight is 582 g/mol. The van der Waals surface area contributed by atoms with E-state index in [1.165, 1.54) is 12.1 Å². The Morgan fingerprint density at radius 1 is 0.805 bits per heavy atom. The van der Waals surface area contributed by atoms with E-state index in [4.69, 9.17) is 38.9 Å². The molecule has 1 aliphatic rings. The highest BCUT2D eigenvalue weighted by Crippen LogP contribution is 2.30. The molecule has 2 rings (SSSR count). The Morgan fingerprint density at radius 3 is 1.95 bits per heavy atom. The summed E-state index contributed by atoms with van der Waals surface area (Å²) in [5, 5.41) is 0. The van der Waals surface area contributed by atoms with Crippen molar-refractivity contribution in [1.29, 1.82) is 0 Å². The third-order valence-corrected chi connectivity index (χ3v) is 6.47. The highest BCUT2D eigenvalue weighted by Gasteiger charge is 2.24. The molecule has 0 aromatic heterocycles. The summed E-state index contributed by atoms with van der Waals surface area (Å²) in [7, 11) is 0. The van der Waals surface area contributed by atoms with Crippen LogP contribution < -0.4 is 15.2 Å². The van der Waals surface area contributed by atoms with Gasteiger partial charge in [0.1, 0.15) is 37.1 Å². The molecule has 2 unspecified atom stereocenters. The van der Waals surface area contributed by atoms with Crippen molar-refractivity contribution in [3.8, 4) is 11.5 Å². The van der Waals surface area contributed by atoms with E-state index >= 15 is 0 Å². The van der Waals surface area contributed by atoms with E-state index in [9.17, 15) is 19.2 Å². The van der Waals surface area contributed by atoms with Gasteiger partial charge in [0.25, 0.3) is 0 Å². The molecule has 1 aliphatic carbocycles. The topological polar surface area (TPSA) is 159 Å². The standard InChI is InChI=1S/C29H43NO11/c1-6-18(3)36-28(33)40-24-14-13-21(16-25(24)41-29(34)37-19(4)7-2)15-23(30)26(31)35-17-20(5)38-27(32)39-22-11-9-8-10-12-22/h13-14,16,18-20,22-23H,6-12,15,17,30H2,1-5H3/t18?,19?,20-,23-/m0/s1. The molecule has 41 heavy (non-hydrogen) atoms. The molecule has 1 fully saturated rings. The Morgan fingerprint density at radius 2 is 1.37 bits per heavy atom. The molecule has 1 aromatic carbocycles. The molecule has 1 aromatic rings. The van der Waals surface area contributed by atoms with Gasteiger partial charge < -0.3 is 38.9 Å². The van der Waals surface area contributed by atoms with Crippen LogP contribution in [0.5, 0.6) is 11.5 Å². The van der Waals surface area contributed by atoms with Crippen molar-refractivity contribution >= 4 is 24.4 Å². The second-order valence-corrected chi connectivity index (χ2v) is 10.2. The van der Waals surface area contributed by atoms with Gasteiger partial charge in [0.2, 0.25) is 0 Å². The van der Waals surface area contributed by atoms with Gasteiger partial charge in [0.15, 0.2) is 11.5 Å². The van der Waals surface area contributed by atoms with Gasteiger partial charge in [-0.3, -0.25) is 4.79 Å². The molecule has 2 N–H and O–H groups in total. The molecule has 0 radical (unpaired) electrons. The van der Waals surface area contributed by atoms with E-state index in [0.29, 0.717) is 18.4 Å². The number of benzene rings is 1. The summed E-state index contributed by atoms with van der Waals surface area (Å²) in [6, 6.07) is 3.27. The molecule has 0 saturated heterocycles. The summed E-state index contributed by atoms with van der Waals surface area (Å²) < 4.78 is 36.5. The average Bonchev–Trinajstić information content (AvgIpc) is 2.93. The molecular weight excluding hydrogens is 538 g/mol. The van der Waals surface area contributed by atoms with Crippen LogP contribution >= 0.6 is 0 Å². The molecule has 0 aliphatic heterocycles. The van der Waals surface area contributed by atoms with Crippen LogP contribution in [0.25, 0.3) is 0 Å². The van der Waals surface area contributed by atoms with Crippen molar-refractivity contribution in [2.24, 2.45) is 5.73 Å². The zero-order chi connectivity index (χ0) is 30.4. The number of rotatable bonds is 13. The molecule has 0 spiro atoms. The highest BCUT2D eigenvalue weighted by atomic mass is 16.8. The minimum absolute atomic E-state index is 0.00611. The number of carbonyl (C=O) groups is 4. The second-order valence-electron chi connectivity index (χ2n) is 10.2. The largest absolute Gasteiger partial charge is 0.514 e. The predicted octanol–water partition coefficient (Wildman–Crippen LogP) is 5.60. The normalized spacial score (nSPS) is 16.3. The summed E-state index contributed by atoms with van der Waals surface area (Å²) in [6.07, 6.45) is 1.55. The maximum absolute atomic E-state index is 12.5. The predicted molar refractivity (Wildman–Crippen MR) is 147 cm³/mol. The van der Waals surface area contributed by atoms with E-state index in [0.717, 1.165) is 32.1 Å². The van der Waals surface area contributed by atoms with E-state index in [2.05, 4.69) is 0 Å². The Kier molecular flexibility index (Phi) is 14.2. The lowest BCUT2D eigenvalue weighted by Crippen LogP contribution is -2.36. The Labute approximate surface area is 241 Å². The summed E-state index contributed by atoms with van der Waals surface area (Å²) >= 11 is 0. The summed E-state index contributed by atoms with van der Waals surface area (Å²) in [5.41, 5.74) is 6.53. The molecule has 230 valence electrons. The van der Waals surface area contributed by atoms with Crippen molar-refractivity contribution in [3.63, 3.8) is 0 Å². The number of nitrogens with two attached hydrogens (primary N) is 1. The summed E-state index contributed by atoms with van der Waals surface area (Å²) in [4.78, 5) is 48.9. The van der Waals surface area contributed by atoms with Crippen LogP contribution in [0, 0.1) is 0 Å². The fraction of sp³-hybridized carbons (Fsp3) is 0.655. The zero-order valence-electron chi connectivity index (χ0n) is 24.6. The fourth-order valence-electron chi connectivity index (χ4n) is 3.76. The number of hydrogen-bond acceptors (Lipinski definition) is 12. The van der Waals surface area contributed by atoms with Crippen molar-refractivity contribution in [2.75, 3.05) is 6.61 Å². The van der Waals surface area contributed by atoms with Gasteiger partial charge in [-0.2, -0.15) is 0 Å². The van der Waals surface area contributed by atoms with E-state index in [1.54, 1.807) is 26.8 Å². The monoisotopic (exact) mass is 581 g/mol. The summed E-state index contributed by atoms with van der Waals surface area (Å²) in [5.74, 6) is -0.918. The lowest BCUT2D eigenvalue weighted by Gasteiger charge is -2.22.